The normalized spacial score (nSPS) is 20.1. The van der Waals surface area contributed by atoms with E-state index in [1.807, 2.05) is 0 Å². The molecule has 0 spiro atoms. The molecule has 0 radical (unpaired) electrons. The summed E-state index contributed by atoms with van der Waals surface area (Å²) in [7, 11) is 2.18. The van der Waals surface area contributed by atoms with Gasteiger partial charge in [0.25, 0.3) is 0 Å². The van der Waals surface area contributed by atoms with Crippen molar-refractivity contribution in [2.75, 3.05) is 33.4 Å². The van der Waals surface area contributed by atoms with Crippen LogP contribution in [0.15, 0.2) is 5.38 Å². The first kappa shape index (κ1) is 14.9. The van der Waals surface area contributed by atoms with E-state index in [4.69, 9.17) is 4.74 Å². The molecule has 1 fully saturated rings. The van der Waals surface area contributed by atoms with Gasteiger partial charge in [0.1, 0.15) is 5.01 Å². The van der Waals surface area contributed by atoms with Crippen LogP contribution in [0.4, 0.5) is 0 Å². The van der Waals surface area contributed by atoms with Crippen molar-refractivity contribution in [1.82, 2.24) is 15.2 Å². The summed E-state index contributed by atoms with van der Waals surface area (Å²) in [5, 5.41) is 6.68. The van der Waals surface area contributed by atoms with Crippen molar-refractivity contribution in [2.45, 2.75) is 32.9 Å². The van der Waals surface area contributed by atoms with Crippen molar-refractivity contribution >= 4 is 11.3 Å². The topological polar surface area (TPSA) is 37.4 Å². The second-order valence-electron chi connectivity index (χ2n) is 5.29. The Balaban J connectivity index is 1.74. The van der Waals surface area contributed by atoms with Gasteiger partial charge < -0.3 is 15.0 Å². The summed E-state index contributed by atoms with van der Waals surface area (Å²) >= 11 is 1.75. The molecule has 2 heterocycles. The molecule has 0 aromatic carbocycles. The lowest BCUT2D eigenvalue weighted by Gasteiger charge is -2.26. The molecule has 1 aromatic rings. The standard InChI is InChI=1S/C14H25N3OS/c1-3-15-7-14-16-13(11-19-14)9-17(2)8-12-5-4-6-18-10-12/h11-12,15H,3-10H2,1-2H3. The third kappa shape index (κ3) is 5.18. The Bertz CT molecular complexity index is 363. The summed E-state index contributed by atoms with van der Waals surface area (Å²) in [6, 6.07) is 0. The van der Waals surface area contributed by atoms with Crippen LogP contribution in [-0.2, 0) is 17.8 Å². The molecule has 5 heteroatoms. The molecule has 1 aliphatic heterocycles. The summed E-state index contributed by atoms with van der Waals surface area (Å²) in [5.74, 6) is 0.693. The number of thiazole rings is 1. The van der Waals surface area contributed by atoms with Crippen molar-refractivity contribution in [3.63, 3.8) is 0 Å². The van der Waals surface area contributed by atoms with Gasteiger partial charge in [0.2, 0.25) is 0 Å². The van der Waals surface area contributed by atoms with Crippen molar-refractivity contribution in [1.29, 1.82) is 0 Å². The Morgan fingerprint density at radius 1 is 1.58 bits per heavy atom. The Labute approximate surface area is 120 Å². The molecule has 1 aliphatic rings. The summed E-state index contributed by atoms with van der Waals surface area (Å²) in [6.45, 7) is 7.93. The average Bonchev–Trinajstić information content (AvgIpc) is 2.85. The van der Waals surface area contributed by atoms with Gasteiger partial charge in [0, 0.05) is 31.6 Å². The highest BCUT2D eigenvalue weighted by atomic mass is 32.1. The molecule has 1 aromatic heterocycles. The van der Waals surface area contributed by atoms with Gasteiger partial charge >= 0.3 is 0 Å². The molecule has 1 N–H and O–H groups in total. The number of nitrogens with one attached hydrogen (secondary N) is 1. The molecule has 1 unspecified atom stereocenters. The van der Waals surface area contributed by atoms with Crippen LogP contribution in [0, 0.1) is 5.92 Å². The van der Waals surface area contributed by atoms with Gasteiger partial charge in [-0.05, 0) is 32.4 Å². The molecule has 108 valence electrons. The highest BCUT2D eigenvalue weighted by Gasteiger charge is 2.16. The van der Waals surface area contributed by atoms with Crippen LogP contribution in [0.1, 0.15) is 30.5 Å². The summed E-state index contributed by atoms with van der Waals surface area (Å²) in [6.07, 6.45) is 2.51. The van der Waals surface area contributed by atoms with Gasteiger partial charge in [-0.1, -0.05) is 6.92 Å². The lowest BCUT2D eigenvalue weighted by molar-refractivity contribution is 0.0410. The van der Waals surface area contributed by atoms with Crippen LogP contribution in [-0.4, -0.2) is 43.2 Å². The minimum Gasteiger partial charge on any atom is -0.381 e. The fourth-order valence-corrected chi connectivity index (χ4v) is 3.22. The first-order valence-electron chi connectivity index (χ1n) is 7.18. The first-order valence-corrected chi connectivity index (χ1v) is 8.06. The van der Waals surface area contributed by atoms with Crippen molar-refractivity contribution in [2.24, 2.45) is 5.92 Å². The average molecular weight is 283 g/mol. The van der Waals surface area contributed by atoms with E-state index < -0.39 is 0 Å². The lowest BCUT2D eigenvalue weighted by Crippen LogP contribution is -2.30. The van der Waals surface area contributed by atoms with Gasteiger partial charge in [0.05, 0.1) is 12.3 Å². The molecular weight excluding hydrogens is 258 g/mol. The first-order chi connectivity index (χ1) is 9.28. The predicted molar refractivity (Wildman–Crippen MR) is 79.4 cm³/mol. The highest BCUT2D eigenvalue weighted by Crippen LogP contribution is 2.16. The summed E-state index contributed by atoms with van der Waals surface area (Å²) < 4.78 is 5.53. The summed E-state index contributed by atoms with van der Waals surface area (Å²) in [4.78, 5) is 7.03. The van der Waals surface area contributed by atoms with Gasteiger partial charge in [-0.15, -0.1) is 11.3 Å². The number of aromatic nitrogens is 1. The van der Waals surface area contributed by atoms with Gasteiger partial charge in [-0.3, -0.25) is 0 Å². The molecule has 0 bridgehead atoms. The molecule has 2 rings (SSSR count). The quantitative estimate of drug-likeness (QED) is 0.831. The molecule has 0 saturated carbocycles. The zero-order valence-electron chi connectivity index (χ0n) is 12.0. The fourth-order valence-electron chi connectivity index (χ4n) is 2.47. The minimum atomic E-state index is 0.693. The van der Waals surface area contributed by atoms with E-state index >= 15 is 0 Å². The molecule has 1 saturated heterocycles. The Morgan fingerprint density at radius 2 is 2.47 bits per heavy atom. The maximum atomic E-state index is 5.53. The van der Waals surface area contributed by atoms with Gasteiger partial charge in [-0.2, -0.15) is 0 Å². The van der Waals surface area contributed by atoms with Gasteiger partial charge in [0.15, 0.2) is 0 Å². The second kappa shape index (κ2) is 7.94. The number of ether oxygens (including phenoxy) is 1. The predicted octanol–water partition coefficient (Wildman–Crippen LogP) is 2.11. The number of hydrogen-bond acceptors (Lipinski definition) is 5. The van der Waals surface area contributed by atoms with Crippen LogP contribution in [0.3, 0.4) is 0 Å². The van der Waals surface area contributed by atoms with E-state index in [0.29, 0.717) is 5.92 Å². The molecule has 1 atom stereocenters. The third-order valence-electron chi connectivity index (χ3n) is 3.38. The molecule has 19 heavy (non-hydrogen) atoms. The Morgan fingerprint density at radius 3 is 3.21 bits per heavy atom. The van der Waals surface area contributed by atoms with Crippen LogP contribution in [0.5, 0.6) is 0 Å². The Kier molecular flexibility index (Phi) is 6.23. The maximum Gasteiger partial charge on any atom is 0.107 e. The van der Waals surface area contributed by atoms with E-state index in [9.17, 15) is 0 Å². The van der Waals surface area contributed by atoms with E-state index in [1.165, 1.54) is 23.5 Å². The van der Waals surface area contributed by atoms with Crippen molar-refractivity contribution in [3.8, 4) is 0 Å². The lowest BCUT2D eigenvalue weighted by atomic mass is 10.0. The van der Waals surface area contributed by atoms with E-state index in [-0.39, 0.29) is 0 Å². The second-order valence-corrected chi connectivity index (χ2v) is 6.24. The fraction of sp³-hybridized carbons (Fsp3) is 0.786. The van der Waals surface area contributed by atoms with Crippen LogP contribution < -0.4 is 5.32 Å². The number of hydrogen-bond donors (Lipinski definition) is 1. The molecule has 0 amide bonds. The monoisotopic (exact) mass is 283 g/mol. The van der Waals surface area contributed by atoms with Crippen molar-refractivity contribution in [3.05, 3.63) is 16.1 Å². The number of rotatable bonds is 7. The Hall–Kier alpha value is -0.490. The molecule has 0 aliphatic carbocycles. The number of nitrogens with zero attached hydrogens (tertiary/aromatic N) is 2. The van der Waals surface area contributed by atoms with Crippen molar-refractivity contribution < 1.29 is 4.74 Å². The zero-order valence-corrected chi connectivity index (χ0v) is 12.8. The minimum absolute atomic E-state index is 0.693. The summed E-state index contributed by atoms with van der Waals surface area (Å²) in [5.41, 5.74) is 1.19. The van der Waals surface area contributed by atoms with Crippen LogP contribution in [0.2, 0.25) is 0 Å². The van der Waals surface area contributed by atoms with Crippen LogP contribution in [0.25, 0.3) is 0 Å². The zero-order chi connectivity index (χ0) is 13.5. The highest BCUT2D eigenvalue weighted by molar-refractivity contribution is 7.09. The van der Waals surface area contributed by atoms with E-state index in [2.05, 4.69) is 34.6 Å². The van der Waals surface area contributed by atoms with E-state index in [0.717, 1.165) is 39.4 Å². The smallest absolute Gasteiger partial charge is 0.107 e. The van der Waals surface area contributed by atoms with Crippen LogP contribution >= 0.6 is 11.3 Å². The third-order valence-corrected chi connectivity index (χ3v) is 4.28. The van der Waals surface area contributed by atoms with Gasteiger partial charge in [-0.25, -0.2) is 4.98 Å². The molecular formula is C14H25N3OS. The SMILES string of the molecule is CCNCc1nc(CN(C)CC2CCCOC2)cs1. The molecule has 4 nitrogen and oxygen atoms in total. The maximum absolute atomic E-state index is 5.53. The largest absolute Gasteiger partial charge is 0.381 e. The van der Waals surface area contributed by atoms with E-state index in [1.54, 1.807) is 11.3 Å².